The van der Waals surface area contributed by atoms with E-state index in [4.69, 9.17) is 9.47 Å². The number of rotatable bonds is 6. The fourth-order valence-corrected chi connectivity index (χ4v) is 3.28. The van der Waals surface area contributed by atoms with E-state index in [0.717, 1.165) is 5.56 Å². The molecule has 0 unspecified atom stereocenters. The Labute approximate surface area is 176 Å². The number of fused-ring (bicyclic) bond motifs is 1. The normalized spacial score (nSPS) is 11.5. The molecule has 158 valence electrons. The summed E-state index contributed by atoms with van der Waals surface area (Å²) in [6.45, 7) is 8.73. The fraction of sp³-hybridized carbons (Fsp3) is 0.333. The second-order valence-corrected chi connectivity index (χ2v) is 8.40. The van der Waals surface area contributed by atoms with Gasteiger partial charge in [0.05, 0.1) is 6.61 Å². The molecular weight excluding hydrogens is 382 g/mol. The molecule has 1 aliphatic carbocycles. The van der Waals surface area contributed by atoms with E-state index >= 15 is 0 Å². The van der Waals surface area contributed by atoms with Crippen LogP contribution in [0.25, 0.3) is 11.1 Å². The lowest BCUT2D eigenvalue weighted by atomic mass is 9.95. The Hall–Kier alpha value is -3.28. The van der Waals surface area contributed by atoms with Crippen molar-refractivity contribution >= 4 is 5.97 Å². The topological polar surface area (TPSA) is 77.8 Å². The second-order valence-electron chi connectivity index (χ2n) is 8.40. The SMILES string of the molecule is CCOC(=O)c1c(O)c2cc(=O)c(OCc3ccccc3)cc-2cn1CC(C)(C)C. The first-order valence-electron chi connectivity index (χ1n) is 9.93. The van der Waals surface area contributed by atoms with Gasteiger partial charge in [-0.15, -0.1) is 0 Å². The molecule has 0 saturated carbocycles. The van der Waals surface area contributed by atoms with Gasteiger partial charge in [0, 0.05) is 29.9 Å². The summed E-state index contributed by atoms with van der Waals surface area (Å²) in [4.78, 5) is 25.1. The average molecular weight is 409 g/mol. The van der Waals surface area contributed by atoms with Crippen LogP contribution in [0.5, 0.6) is 11.5 Å². The van der Waals surface area contributed by atoms with Gasteiger partial charge in [0.25, 0.3) is 0 Å². The summed E-state index contributed by atoms with van der Waals surface area (Å²) in [5.74, 6) is -0.697. The number of pyridine rings is 1. The minimum absolute atomic E-state index is 0.0385. The molecule has 1 aliphatic heterocycles. The molecule has 3 rings (SSSR count). The number of aromatic nitrogens is 1. The third-order valence-electron chi connectivity index (χ3n) is 4.53. The van der Waals surface area contributed by atoms with Crippen molar-refractivity contribution in [2.75, 3.05) is 6.61 Å². The average Bonchev–Trinajstić information content (AvgIpc) is 2.67. The maximum absolute atomic E-state index is 12.6. The van der Waals surface area contributed by atoms with E-state index in [9.17, 15) is 14.7 Å². The van der Waals surface area contributed by atoms with Gasteiger partial charge >= 0.3 is 5.97 Å². The summed E-state index contributed by atoms with van der Waals surface area (Å²) < 4.78 is 12.5. The molecule has 0 amide bonds. The lowest BCUT2D eigenvalue weighted by Crippen LogP contribution is -2.23. The van der Waals surface area contributed by atoms with Crippen LogP contribution in [0, 0.1) is 5.41 Å². The Bertz CT molecular complexity index is 1060. The summed E-state index contributed by atoms with van der Waals surface area (Å²) in [6.07, 6.45) is 1.75. The highest BCUT2D eigenvalue weighted by atomic mass is 16.5. The molecule has 0 saturated heterocycles. The van der Waals surface area contributed by atoms with Gasteiger partial charge in [-0.3, -0.25) is 4.79 Å². The van der Waals surface area contributed by atoms with Gasteiger partial charge in [0.2, 0.25) is 5.43 Å². The van der Waals surface area contributed by atoms with E-state index in [0.29, 0.717) is 17.7 Å². The van der Waals surface area contributed by atoms with E-state index in [1.165, 1.54) is 6.07 Å². The maximum Gasteiger partial charge on any atom is 0.358 e. The van der Waals surface area contributed by atoms with Crippen LogP contribution in [0.1, 0.15) is 43.7 Å². The van der Waals surface area contributed by atoms with E-state index in [-0.39, 0.29) is 41.3 Å². The van der Waals surface area contributed by atoms with Crippen LogP contribution < -0.4 is 10.2 Å². The van der Waals surface area contributed by atoms with Crippen molar-refractivity contribution in [2.45, 2.75) is 40.8 Å². The predicted molar refractivity (Wildman–Crippen MR) is 115 cm³/mol. The predicted octanol–water partition coefficient (Wildman–Crippen LogP) is 4.46. The quantitative estimate of drug-likeness (QED) is 0.608. The third-order valence-corrected chi connectivity index (χ3v) is 4.53. The molecule has 0 fully saturated rings. The van der Waals surface area contributed by atoms with E-state index in [1.54, 1.807) is 23.8 Å². The van der Waals surface area contributed by atoms with Gasteiger partial charge in [-0.2, -0.15) is 0 Å². The molecule has 2 aliphatic rings. The molecule has 1 N–H and O–H groups in total. The van der Waals surface area contributed by atoms with Crippen molar-refractivity contribution in [2.24, 2.45) is 5.41 Å². The van der Waals surface area contributed by atoms with E-state index in [1.807, 2.05) is 51.1 Å². The zero-order chi connectivity index (χ0) is 21.9. The highest BCUT2D eigenvalue weighted by molar-refractivity contribution is 5.94. The van der Waals surface area contributed by atoms with Gasteiger partial charge in [0.1, 0.15) is 6.61 Å². The van der Waals surface area contributed by atoms with E-state index < -0.39 is 5.97 Å². The molecule has 0 atom stereocenters. The standard InChI is InChI=1S/C24H27NO5/c1-5-29-23(28)21-22(27)18-12-19(26)20(30-14-16-9-7-6-8-10-16)11-17(18)13-25(21)15-24(2,3)4/h6-13,27H,5,14-15H2,1-4H3. The first-order valence-corrected chi connectivity index (χ1v) is 9.93. The Morgan fingerprint density at radius 3 is 2.47 bits per heavy atom. The Balaban J connectivity index is 2.08. The van der Waals surface area contributed by atoms with Crippen LogP contribution >= 0.6 is 0 Å². The maximum atomic E-state index is 12.6. The minimum atomic E-state index is -0.627. The van der Waals surface area contributed by atoms with E-state index in [2.05, 4.69) is 0 Å². The highest BCUT2D eigenvalue weighted by Gasteiger charge is 2.26. The van der Waals surface area contributed by atoms with Gasteiger partial charge in [0.15, 0.2) is 17.2 Å². The molecule has 1 aromatic rings. The number of hydrogen-bond donors (Lipinski definition) is 1. The zero-order valence-corrected chi connectivity index (χ0v) is 17.8. The number of benzene rings is 2. The Kier molecular flexibility index (Phi) is 6.15. The zero-order valence-electron chi connectivity index (χ0n) is 17.8. The number of carbonyl (C=O) groups is 1. The molecule has 0 bridgehead atoms. The van der Waals surface area contributed by atoms with Crippen molar-refractivity contribution in [3.8, 4) is 22.6 Å². The first-order chi connectivity index (χ1) is 14.2. The van der Waals surface area contributed by atoms with Crippen molar-refractivity contribution in [3.05, 3.63) is 70.1 Å². The summed E-state index contributed by atoms with van der Waals surface area (Å²) >= 11 is 0. The summed E-state index contributed by atoms with van der Waals surface area (Å²) in [6, 6.07) is 12.5. The molecule has 6 heteroatoms. The van der Waals surface area contributed by atoms with Crippen LogP contribution in [0.2, 0.25) is 0 Å². The van der Waals surface area contributed by atoms with Crippen LogP contribution in [0.3, 0.4) is 0 Å². The number of aromatic hydroxyl groups is 1. The van der Waals surface area contributed by atoms with Gasteiger partial charge in [-0.25, -0.2) is 4.79 Å². The van der Waals surface area contributed by atoms with Crippen LogP contribution in [0.15, 0.2) is 53.5 Å². The number of nitrogens with zero attached hydrogens (tertiary/aromatic N) is 1. The van der Waals surface area contributed by atoms with Gasteiger partial charge in [-0.05, 0) is 24.0 Å². The number of hydrogen-bond acceptors (Lipinski definition) is 5. The molecule has 0 radical (unpaired) electrons. The molecule has 0 spiro atoms. The summed E-state index contributed by atoms with van der Waals surface area (Å²) in [7, 11) is 0. The van der Waals surface area contributed by atoms with Gasteiger partial charge in [-0.1, -0.05) is 51.1 Å². The second kappa shape index (κ2) is 8.61. The van der Waals surface area contributed by atoms with Crippen LogP contribution in [-0.4, -0.2) is 22.2 Å². The first kappa shape index (κ1) is 21.4. The molecule has 1 heterocycles. The lowest BCUT2D eigenvalue weighted by molar-refractivity contribution is 0.0506. The molecule has 0 aromatic heterocycles. The number of ether oxygens (including phenoxy) is 2. The monoisotopic (exact) mass is 409 g/mol. The third kappa shape index (κ3) is 4.82. The van der Waals surface area contributed by atoms with Gasteiger partial charge < -0.3 is 19.1 Å². The van der Waals surface area contributed by atoms with Crippen LogP contribution in [-0.2, 0) is 17.9 Å². The number of carbonyl (C=O) groups excluding carboxylic acids is 1. The molecule has 1 aromatic carbocycles. The van der Waals surface area contributed by atoms with Crippen molar-refractivity contribution in [1.29, 1.82) is 0 Å². The largest absolute Gasteiger partial charge is 0.505 e. The van der Waals surface area contributed by atoms with Crippen molar-refractivity contribution in [3.63, 3.8) is 0 Å². The Morgan fingerprint density at radius 2 is 1.83 bits per heavy atom. The Morgan fingerprint density at radius 1 is 1.13 bits per heavy atom. The summed E-state index contributed by atoms with van der Waals surface area (Å²) in [5.41, 5.74) is 1.36. The minimum Gasteiger partial charge on any atom is -0.505 e. The van der Waals surface area contributed by atoms with Crippen molar-refractivity contribution in [1.82, 2.24) is 4.57 Å². The molecule has 6 nitrogen and oxygen atoms in total. The lowest BCUT2D eigenvalue weighted by Gasteiger charge is -2.25. The smallest absolute Gasteiger partial charge is 0.358 e. The van der Waals surface area contributed by atoms with Crippen LogP contribution in [0.4, 0.5) is 0 Å². The summed E-state index contributed by atoms with van der Waals surface area (Å²) in [5, 5.41) is 10.8. The molecule has 30 heavy (non-hydrogen) atoms. The fourth-order valence-electron chi connectivity index (χ4n) is 3.28. The number of esters is 1. The molecular formula is C24H27NO5. The van der Waals surface area contributed by atoms with Crippen molar-refractivity contribution < 1.29 is 19.4 Å². The highest BCUT2D eigenvalue weighted by Crippen LogP contribution is 2.36.